The van der Waals surface area contributed by atoms with Gasteiger partial charge in [-0.3, -0.25) is 14.6 Å². The van der Waals surface area contributed by atoms with Crippen molar-refractivity contribution in [2.75, 3.05) is 70.5 Å². The van der Waals surface area contributed by atoms with Gasteiger partial charge in [0.1, 0.15) is 11.6 Å². The summed E-state index contributed by atoms with van der Waals surface area (Å²) in [4.78, 5) is 29.5. The number of nitrogens with one attached hydrogen (secondary N) is 1. The number of carbonyl (C=O) groups excluding carboxylic acids is 1. The molecule has 1 N–H and O–H groups in total. The molecule has 0 aliphatic carbocycles. The number of benzene rings is 2. The fourth-order valence-corrected chi connectivity index (χ4v) is 5.93. The number of aromatic nitrogens is 2. The van der Waals surface area contributed by atoms with Crippen LogP contribution in [0, 0.1) is 0 Å². The van der Waals surface area contributed by atoms with Crippen LogP contribution in [0.5, 0.6) is 0 Å². The minimum atomic E-state index is 0.350. The van der Waals surface area contributed by atoms with Gasteiger partial charge in [0.2, 0.25) is 0 Å². The minimum Gasteiger partial charge on any atom is -0.378 e. The number of carbonyl (C=O) groups is 1. The van der Waals surface area contributed by atoms with E-state index >= 15 is 0 Å². The Bertz CT molecular complexity index is 1280. The van der Waals surface area contributed by atoms with Crippen molar-refractivity contribution in [3.05, 3.63) is 77.2 Å². The van der Waals surface area contributed by atoms with E-state index in [9.17, 15) is 4.79 Å². The number of rotatable bonds is 1. The van der Waals surface area contributed by atoms with Crippen LogP contribution in [0.3, 0.4) is 0 Å². The van der Waals surface area contributed by atoms with Crippen LogP contribution >= 0.6 is 0 Å². The first-order valence-electron chi connectivity index (χ1n) is 14.7. The number of piperazine rings is 1. The first kappa shape index (κ1) is 27.0. The molecule has 0 amide bonds. The van der Waals surface area contributed by atoms with Crippen molar-refractivity contribution in [2.45, 2.75) is 32.4 Å². The van der Waals surface area contributed by atoms with Crippen LogP contribution in [0.15, 0.2) is 54.7 Å². The van der Waals surface area contributed by atoms with E-state index in [1.54, 1.807) is 0 Å². The monoisotopic (exact) mass is 540 g/mol. The van der Waals surface area contributed by atoms with Crippen molar-refractivity contribution >= 4 is 11.5 Å². The lowest BCUT2D eigenvalue weighted by atomic mass is 10.0. The summed E-state index contributed by atoms with van der Waals surface area (Å²) in [6, 6.07) is 17.4. The largest absolute Gasteiger partial charge is 0.378 e. The van der Waals surface area contributed by atoms with E-state index in [1.165, 1.54) is 22.4 Å². The van der Waals surface area contributed by atoms with Crippen molar-refractivity contribution in [1.29, 1.82) is 0 Å². The maximum atomic E-state index is 12.6. The van der Waals surface area contributed by atoms with Gasteiger partial charge in [-0.1, -0.05) is 36.4 Å². The number of anilines is 1. The van der Waals surface area contributed by atoms with Crippen LogP contribution < -0.4 is 10.2 Å². The number of Topliss-reactive ketones (excluding diaryl/α,β-unsaturated/α-hetero) is 1. The molecule has 2 saturated heterocycles. The van der Waals surface area contributed by atoms with Gasteiger partial charge in [0.05, 0.1) is 25.5 Å². The maximum Gasteiger partial charge on any atom is 0.146 e. The molecule has 6 aliphatic rings. The molecule has 2 fully saturated rings. The number of nitrogens with zero attached hydrogens (tertiary/aromatic N) is 5. The Kier molecular flexibility index (Phi) is 8.78. The summed E-state index contributed by atoms with van der Waals surface area (Å²) in [6.45, 7) is 10.3. The SMILES string of the molecule is O=C1CCCNCc2ccc(cc2)-c2ccnc(n2)Cc2ccc(N3CCOCC3)c(c2)CN2CCN(CC2)C1. The van der Waals surface area contributed by atoms with Crippen molar-refractivity contribution in [3.8, 4) is 11.3 Å². The molecule has 0 unspecified atom stereocenters. The third kappa shape index (κ3) is 6.93. The summed E-state index contributed by atoms with van der Waals surface area (Å²) >= 11 is 0. The summed E-state index contributed by atoms with van der Waals surface area (Å²) in [5.74, 6) is 1.19. The van der Waals surface area contributed by atoms with E-state index in [1.807, 2.05) is 12.3 Å². The van der Waals surface area contributed by atoms with Gasteiger partial charge < -0.3 is 15.0 Å². The van der Waals surface area contributed by atoms with Crippen LogP contribution in [-0.2, 0) is 29.0 Å². The van der Waals surface area contributed by atoms with Crippen LogP contribution in [0.1, 0.15) is 35.4 Å². The number of morpholine rings is 1. The van der Waals surface area contributed by atoms with Gasteiger partial charge in [-0.25, -0.2) is 9.97 Å². The first-order valence-corrected chi connectivity index (χ1v) is 14.7. The number of hydrogen-bond donors (Lipinski definition) is 1. The average molecular weight is 541 g/mol. The second-order valence-electron chi connectivity index (χ2n) is 11.2. The molecular weight excluding hydrogens is 500 g/mol. The molecule has 0 saturated carbocycles. The Morgan fingerprint density at radius 3 is 2.38 bits per heavy atom. The summed E-state index contributed by atoms with van der Waals surface area (Å²) in [5, 5.41) is 3.49. The molecule has 0 spiro atoms. The van der Waals surface area contributed by atoms with Gasteiger partial charge in [-0.15, -0.1) is 0 Å². The molecule has 0 radical (unpaired) electrons. The lowest BCUT2D eigenvalue weighted by Crippen LogP contribution is -2.47. The molecule has 9 rings (SSSR count). The number of ether oxygens (including phenoxy) is 1. The van der Waals surface area contributed by atoms with E-state index in [-0.39, 0.29) is 0 Å². The summed E-state index contributed by atoms with van der Waals surface area (Å²) in [5.41, 5.74) is 7.16. The highest BCUT2D eigenvalue weighted by Crippen LogP contribution is 2.27. The predicted molar refractivity (Wildman–Crippen MR) is 157 cm³/mol. The predicted octanol–water partition coefficient (Wildman–Crippen LogP) is 3.14. The van der Waals surface area contributed by atoms with E-state index < -0.39 is 0 Å². The second-order valence-corrected chi connectivity index (χ2v) is 11.2. The molecule has 210 valence electrons. The van der Waals surface area contributed by atoms with Gasteiger partial charge in [-0.2, -0.15) is 0 Å². The van der Waals surface area contributed by atoms with Crippen molar-refractivity contribution in [1.82, 2.24) is 25.1 Å². The molecule has 3 aromatic rings. The third-order valence-electron chi connectivity index (χ3n) is 8.21. The molecule has 8 nitrogen and oxygen atoms in total. The van der Waals surface area contributed by atoms with E-state index in [2.05, 4.69) is 67.5 Å². The number of hydrogen-bond acceptors (Lipinski definition) is 8. The quantitative estimate of drug-likeness (QED) is 0.505. The number of ketones is 1. The molecule has 40 heavy (non-hydrogen) atoms. The van der Waals surface area contributed by atoms with Gasteiger partial charge in [0.15, 0.2) is 0 Å². The van der Waals surface area contributed by atoms with Crippen LogP contribution in [0.2, 0.25) is 0 Å². The third-order valence-corrected chi connectivity index (χ3v) is 8.21. The molecule has 0 atom stereocenters. The Morgan fingerprint density at radius 1 is 0.825 bits per heavy atom. The topological polar surface area (TPSA) is 73.8 Å². The average Bonchev–Trinajstić information content (AvgIpc) is 2.99. The molecular formula is C32H40N6O2. The second kappa shape index (κ2) is 13.0. The van der Waals surface area contributed by atoms with Gasteiger partial charge in [-0.05, 0) is 41.8 Å². The summed E-state index contributed by atoms with van der Waals surface area (Å²) < 4.78 is 5.63. The highest BCUT2D eigenvalue weighted by molar-refractivity contribution is 5.80. The molecule has 8 bridgehead atoms. The Morgan fingerprint density at radius 2 is 1.57 bits per heavy atom. The smallest absolute Gasteiger partial charge is 0.146 e. The zero-order chi connectivity index (χ0) is 27.1. The fraction of sp³-hybridized carbons (Fsp3) is 0.469. The van der Waals surface area contributed by atoms with Crippen LogP contribution in [0.4, 0.5) is 5.69 Å². The van der Waals surface area contributed by atoms with Crippen LogP contribution in [-0.4, -0.2) is 91.1 Å². The zero-order valence-electron chi connectivity index (χ0n) is 23.4. The minimum absolute atomic E-state index is 0.350. The maximum absolute atomic E-state index is 12.6. The lowest BCUT2D eigenvalue weighted by molar-refractivity contribution is -0.120. The molecule has 6 aliphatic heterocycles. The van der Waals surface area contributed by atoms with Crippen molar-refractivity contribution in [2.24, 2.45) is 0 Å². The van der Waals surface area contributed by atoms with E-state index in [0.717, 1.165) is 95.6 Å². The van der Waals surface area contributed by atoms with E-state index in [4.69, 9.17) is 9.72 Å². The van der Waals surface area contributed by atoms with Gasteiger partial charge >= 0.3 is 0 Å². The molecule has 7 heterocycles. The highest BCUT2D eigenvalue weighted by Gasteiger charge is 2.22. The zero-order valence-corrected chi connectivity index (χ0v) is 23.4. The molecule has 2 aromatic carbocycles. The fourth-order valence-electron chi connectivity index (χ4n) is 5.93. The van der Waals surface area contributed by atoms with Gasteiger partial charge in [0.25, 0.3) is 0 Å². The highest BCUT2D eigenvalue weighted by atomic mass is 16.5. The van der Waals surface area contributed by atoms with Crippen LogP contribution in [0.25, 0.3) is 11.3 Å². The standard InChI is InChI=1S/C32H40N6O2/c39-29-2-1-10-33-22-25-3-6-27(7-4-25)30-9-11-34-32(35-30)21-26-5-8-31(38-16-18-40-19-17-38)28(20-26)23-36-12-14-37(24-29)15-13-36/h3-9,11,20,33H,1-2,10,12-19,21-24H2. The summed E-state index contributed by atoms with van der Waals surface area (Å²) in [7, 11) is 0. The summed E-state index contributed by atoms with van der Waals surface area (Å²) in [6.07, 6.45) is 4.08. The van der Waals surface area contributed by atoms with Crippen molar-refractivity contribution in [3.63, 3.8) is 0 Å². The van der Waals surface area contributed by atoms with Crippen molar-refractivity contribution < 1.29 is 9.53 Å². The normalized spacial score (nSPS) is 22.8. The molecule has 8 heteroatoms. The Balaban J connectivity index is 1.27. The Labute approximate surface area is 237 Å². The lowest BCUT2D eigenvalue weighted by Gasteiger charge is -2.36. The van der Waals surface area contributed by atoms with Gasteiger partial charge in [0, 0.05) is 82.6 Å². The van der Waals surface area contributed by atoms with E-state index in [0.29, 0.717) is 25.2 Å². The first-order chi connectivity index (χ1) is 19.7. The molecule has 1 aromatic heterocycles. The Hall–Kier alpha value is -3.17.